The maximum Gasteiger partial charge on any atom is 0.213 e. The predicted octanol–water partition coefficient (Wildman–Crippen LogP) is 3.71. The molecule has 0 bridgehead atoms. The maximum atomic E-state index is 6.03. The fourth-order valence-corrected chi connectivity index (χ4v) is 2.75. The van der Waals surface area contributed by atoms with Gasteiger partial charge in [0.25, 0.3) is 0 Å². The number of rotatable bonds is 5. The second-order valence-electron chi connectivity index (χ2n) is 5.63. The van der Waals surface area contributed by atoms with Crippen LogP contribution in [-0.4, -0.2) is 17.6 Å². The fraction of sp³-hybridized carbons (Fsp3) is 0.688. The first-order chi connectivity index (χ1) is 9.20. The average Bonchev–Trinajstić information content (AvgIpc) is 2.42. The first kappa shape index (κ1) is 14.3. The van der Waals surface area contributed by atoms with Gasteiger partial charge in [0, 0.05) is 18.3 Å². The number of nitrogens with zero attached hydrogens (tertiary/aromatic N) is 1. The zero-order chi connectivity index (χ0) is 13.7. The van der Waals surface area contributed by atoms with Crippen LogP contribution in [0.5, 0.6) is 5.88 Å². The van der Waals surface area contributed by atoms with Crippen LogP contribution in [0.4, 0.5) is 0 Å². The Bertz CT molecular complexity index is 377. The molecule has 2 rings (SSSR count). The third kappa shape index (κ3) is 3.93. The van der Waals surface area contributed by atoms with E-state index in [1.807, 2.05) is 12.3 Å². The number of pyridine rings is 1. The van der Waals surface area contributed by atoms with Crippen LogP contribution in [0.2, 0.25) is 0 Å². The average molecular weight is 262 g/mol. The van der Waals surface area contributed by atoms with Crippen molar-refractivity contribution in [1.82, 2.24) is 10.3 Å². The molecule has 0 spiro atoms. The summed E-state index contributed by atoms with van der Waals surface area (Å²) in [5, 5.41) is 3.39. The van der Waals surface area contributed by atoms with Crippen molar-refractivity contribution in [3.8, 4) is 5.88 Å². The Morgan fingerprint density at radius 1 is 1.37 bits per heavy atom. The Kier molecular flexibility index (Phi) is 5.20. The van der Waals surface area contributed by atoms with Gasteiger partial charge in [0.1, 0.15) is 6.10 Å². The molecule has 1 aromatic rings. The van der Waals surface area contributed by atoms with Gasteiger partial charge in [-0.25, -0.2) is 4.98 Å². The minimum absolute atomic E-state index is 0.346. The number of hydrogen-bond acceptors (Lipinski definition) is 3. The van der Waals surface area contributed by atoms with E-state index >= 15 is 0 Å². The first-order valence-corrected chi connectivity index (χ1v) is 7.56. The van der Waals surface area contributed by atoms with Gasteiger partial charge in [-0.1, -0.05) is 26.3 Å². The minimum atomic E-state index is 0.346. The van der Waals surface area contributed by atoms with Crippen molar-refractivity contribution in [3.05, 3.63) is 23.9 Å². The zero-order valence-corrected chi connectivity index (χ0v) is 12.4. The molecule has 3 atom stereocenters. The predicted molar refractivity (Wildman–Crippen MR) is 78.4 cm³/mol. The number of hydrogen-bond donors (Lipinski definition) is 1. The van der Waals surface area contributed by atoms with E-state index in [4.69, 9.17) is 4.74 Å². The monoisotopic (exact) mass is 262 g/mol. The molecule has 0 amide bonds. The van der Waals surface area contributed by atoms with Crippen LogP contribution < -0.4 is 10.1 Å². The van der Waals surface area contributed by atoms with Crippen molar-refractivity contribution in [2.75, 3.05) is 6.54 Å². The highest BCUT2D eigenvalue weighted by Crippen LogP contribution is 2.27. The van der Waals surface area contributed by atoms with Crippen molar-refractivity contribution in [2.45, 2.75) is 58.6 Å². The second-order valence-corrected chi connectivity index (χ2v) is 5.63. The van der Waals surface area contributed by atoms with Gasteiger partial charge in [-0.3, -0.25) is 0 Å². The first-order valence-electron chi connectivity index (χ1n) is 7.56. The molecule has 0 saturated heterocycles. The van der Waals surface area contributed by atoms with Gasteiger partial charge >= 0.3 is 0 Å². The van der Waals surface area contributed by atoms with E-state index in [9.17, 15) is 0 Å². The van der Waals surface area contributed by atoms with Gasteiger partial charge in [-0.15, -0.1) is 0 Å². The second kappa shape index (κ2) is 6.90. The molecule has 1 aromatic heterocycles. The summed E-state index contributed by atoms with van der Waals surface area (Å²) >= 11 is 0. The van der Waals surface area contributed by atoms with Gasteiger partial charge in [-0.2, -0.15) is 0 Å². The molecule has 0 aromatic carbocycles. The molecular formula is C16H26N2O. The number of aromatic nitrogens is 1. The van der Waals surface area contributed by atoms with Crippen LogP contribution in [0.15, 0.2) is 18.3 Å². The molecule has 1 saturated carbocycles. The van der Waals surface area contributed by atoms with E-state index < -0.39 is 0 Å². The summed E-state index contributed by atoms with van der Waals surface area (Å²) in [6, 6.07) is 4.47. The highest BCUT2D eigenvalue weighted by atomic mass is 16.5. The Morgan fingerprint density at radius 2 is 2.16 bits per heavy atom. The quantitative estimate of drug-likeness (QED) is 0.878. The van der Waals surface area contributed by atoms with Gasteiger partial charge in [-0.05, 0) is 44.2 Å². The van der Waals surface area contributed by atoms with Crippen LogP contribution in [0.25, 0.3) is 0 Å². The van der Waals surface area contributed by atoms with E-state index in [-0.39, 0.29) is 0 Å². The summed E-state index contributed by atoms with van der Waals surface area (Å²) in [6.07, 6.45) is 7.34. The topological polar surface area (TPSA) is 34.1 Å². The molecule has 19 heavy (non-hydrogen) atoms. The Morgan fingerprint density at radius 3 is 2.79 bits per heavy atom. The molecular weight excluding hydrogens is 236 g/mol. The van der Waals surface area contributed by atoms with Crippen LogP contribution in [0.3, 0.4) is 0 Å². The van der Waals surface area contributed by atoms with Gasteiger partial charge in [0.2, 0.25) is 5.88 Å². The molecule has 1 N–H and O–H groups in total. The van der Waals surface area contributed by atoms with E-state index in [0.29, 0.717) is 18.1 Å². The fourth-order valence-electron chi connectivity index (χ4n) is 2.75. The zero-order valence-electron chi connectivity index (χ0n) is 12.4. The number of nitrogens with one attached hydrogen (secondary N) is 1. The van der Waals surface area contributed by atoms with E-state index in [1.54, 1.807) is 0 Å². The Labute approximate surface area is 116 Å². The summed E-state index contributed by atoms with van der Waals surface area (Å²) in [5.41, 5.74) is 1.21. The lowest BCUT2D eigenvalue weighted by atomic mass is 9.88. The molecule has 106 valence electrons. The van der Waals surface area contributed by atoms with Crippen LogP contribution in [-0.2, 0) is 0 Å². The third-order valence-corrected chi connectivity index (χ3v) is 4.07. The smallest absolute Gasteiger partial charge is 0.213 e. The van der Waals surface area contributed by atoms with Crippen LogP contribution in [0.1, 0.15) is 58.1 Å². The molecule has 0 aliphatic heterocycles. The maximum absolute atomic E-state index is 6.03. The molecule has 3 heteroatoms. The standard InChI is InChI=1S/C16H26N2O/c1-4-17-13(3)14-9-10-16(18-11-14)19-15-8-6-5-7-12(15)2/h9-13,15,17H,4-8H2,1-3H3. The SMILES string of the molecule is CCNC(C)c1ccc(OC2CCCCC2C)nc1. The lowest BCUT2D eigenvalue weighted by Crippen LogP contribution is -2.28. The highest BCUT2D eigenvalue weighted by Gasteiger charge is 2.23. The molecule has 1 heterocycles. The highest BCUT2D eigenvalue weighted by molar-refractivity contribution is 5.20. The van der Waals surface area contributed by atoms with Crippen molar-refractivity contribution >= 4 is 0 Å². The van der Waals surface area contributed by atoms with Crippen molar-refractivity contribution in [3.63, 3.8) is 0 Å². The van der Waals surface area contributed by atoms with Crippen molar-refractivity contribution < 1.29 is 4.74 Å². The lowest BCUT2D eigenvalue weighted by Gasteiger charge is -2.28. The summed E-state index contributed by atoms with van der Waals surface area (Å²) in [6.45, 7) is 7.53. The van der Waals surface area contributed by atoms with Gasteiger partial charge in [0.05, 0.1) is 0 Å². The van der Waals surface area contributed by atoms with Crippen molar-refractivity contribution in [2.24, 2.45) is 5.92 Å². The molecule has 0 radical (unpaired) electrons. The Hall–Kier alpha value is -1.09. The largest absolute Gasteiger partial charge is 0.474 e. The van der Waals surface area contributed by atoms with Gasteiger partial charge in [0.15, 0.2) is 0 Å². The molecule has 3 unspecified atom stereocenters. The lowest BCUT2D eigenvalue weighted by molar-refractivity contribution is 0.0975. The molecule has 1 aliphatic carbocycles. The molecule has 1 fully saturated rings. The normalized spacial score (nSPS) is 25.0. The summed E-state index contributed by atoms with van der Waals surface area (Å²) in [4.78, 5) is 4.45. The molecule has 1 aliphatic rings. The molecule has 3 nitrogen and oxygen atoms in total. The summed E-state index contributed by atoms with van der Waals surface area (Å²) < 4.78 is 6.03. The van der Waals surface area contributed by atoms with Crippen LogP contribution >= 0.6 is 0 Å². The van der Waals surface area contributed by atoms with E-state index in [1.165, 1.54) is 31.2 Å². The van der Waals surface area contributed by atoms with E-state index in [2.05, 4.69) is 37.1 Å². The van der Waals surface area contributed by atoms with Crippen LogP contribution in [0, 0.1) is 5.92 Å². The number of ether oxygens (including phenoxy) is 1. The summed E-state index contributed by atoms with van der Waals surface area (Å²) in [5.74, 6) is 1.42. The van der Waals surface area contributed by atoms with Crippen molar-refractivity contribution in [1.29, 1.82) is 0 Å². The minimum Gasteiger partial charge on any atom is -0.474 e. The third-order valence-electron chi connectivity index (χ3n) is 4.07. The summed E-state index contributed by atoms with van der Waals surface area (Å²) in [7, 11) is 0. The van der Waals surface area contributed by atoms with Gasteiger partial charge < -0.3 is 10.1 Å². The Balaban J connectivity index is 1.94. The van der Waals surface area contributed by atoms with E-state index in [0.717, 1.165) is 12.4 Å².